The van der Waals surface area contributed by atoms with Gasteiger partial charge in [0.05, 0.1) is 19.6 Å². The molecule has 1 heterocycles. The summed E-state index contributed by atoms with van der Waals surface area (Å²) in [5.74, 6) is 0.777. The normalized spacial score (nSPS) is 10.0. The van der Waals surface area contributed by atoms with Crippen molar-refractivity contribution in [3.8, 4) is 11.8 Å². The minimum Gasteiger partial charge on any atom is -0.496 e. The van der Waals surface area contributed by atoms with Gasteiger partial charge in [0.1, 0.15) is 5.75 Å². The zero-order chi connectivity index (χ0) is 9.97. The molecule has 0 amide bonds. The van der Waals surface area contributed by atoms with Crippen LogP contribution in [0.5, 0.6) is 5.75 Å². The molecule has 2 rings (SSSR count). The summed E-state index contributed by atoms with van der Waals surface area (Å²) >= 11 is 0. The Morgan fingerprint density at radius 1 is 1.43 bits per heavy atom. The van der Waals surface area contributed by atoms with Gasteiger partial charge in [0.2, 0.25) is 0 Å². The number of ether oxygens (including phenoxy) is 1. The van der Waals surface area contributed by atoms with E-state index in [0.717, 1.165) is 22.2 Å². The minimum absolute atomic E-state index is 0.373. The summed E-state index contributed by atoms with van der Waals surface area (Å²) in [6.45, 7) is 0. The standard InChI is InChI=1S/C11H10N2O/c1-14-11-3-2-10-8(5-7-13-10)9(11)4-6-12/h2-3,5,7,13H,4H2,1H3. The Bertz CT molecular complexity index is 493. The summed E-state index contributed by atoms with van der Waals surface area (Å²) in [5.41, 5.74) is 1.99. The number of hydrogen-bond acceptors (Lipinski definition) is 2. The number of nitrogens with zero attached hydrogens (tertiary/aromatic N) is 1. The third kappa shape index (κ3) is 1.21. The van der Waals surface area contributed by atoms with Crippen molar-refractivity contribution >= 4 is 10.9 Å². The van der Waals surface area contributed by atoms with Crippen LogP contribution in [0.1, 0.15) is 5.56 Å². The smallest absolute Gasteiger partial charge is 0.123 e. The van der Waals surface area contributed by atoms with Crippen molar-refractivity contribution in [3.05, 3.63) is 30.0 Å². The van der Waals surface area contributed by atoms with E-state index in [9.17, 15) is 0 Å². The average Bonchev–Trinajstić information content (AvgIpc) is 2.67. The fourth-order valence-corrected chi connectivity index (χ4v) is 1.63. The van der Waals surface area contributed by atoms with Gasteiger partial charge in [-0.25, -0.2) is 0 Å². The number of hydrogen-bond donors (Lipinski definition) is 1. The molecule has 0 aliphatic heterocycles. The van der Waals surface area contributed by atoms with Crippen molar-refractivity contribution in [1.82, 2.24) is 4.98 Å². The molecular weight excluding hydrogens is 176 g/mol. The average molecular weight is 186 g/mol. The van der Waals surface area contributed by atoms with Gasteiger partial charge in [0, 0.05) is 22.7 Å². The van der Waals surface area contributed by atoms with E-state index in [1.54, 1.807) is 7.11 Å². The predicted octanol–water partition coefficient (Wildman–Crippen LogP) is 2.24. The van der Waals surface area contributed by atoms with Crippen LogP contribution in [0, 0.1) is 11.3 Å². The van der Waals surface area contributed by atoms with Crippen LogP contribution >= 0.6 is 0 Å². The second-order valence-corrected chi connectivity index (χ2v) is 3.02. The van der Waals surface area contributed by atoms with E-state index in [0.29, 0.717) is 6.42 Å². The maximum absolute atomic E-state index is 8.72. The summed E-state index contributed by atoms with van der Waals surface area (Å²) in [4.78, 5) is 3.10. The van der Waals surface area contributed by atoms with Gasteiger partial charge in [0.25, 0.3) is 0 Å². The molecule has 0 saturated heterocycles. The lowest BCUT2D eigenvalue weighted by Gasteiger charge is -2.06. The number of aromatic nitrogens is 1. The fourth-order valence-electron chi connectivity index (χ4n) is 1.63. The van der Waals surface area contributed by atoms with E-state index in [1.165, 1.54) is 0 Å². The molecule has 1 aromatic heterocycles. The van der Waals surface area contributed by atoms with Gasteiger partial charge in [-0.15, -0.1) is 0 Å². The van der Waals surface area contributed by atoms with Crippen LogP contribution in [0.3, 0.4) is 0 Å². The molecule has 3 nitrogen and oxygen atoms in total. The van der Waals surface area contributed by atoms with Gasteiger partial charge >= 0.3 is 0 Å². The quantitative estimate of drug-likeness (QED) is 0.781. The van der Waals surface area contributed by atoms with Crippen LogP contribution in [-0.4, -0.2) is 12.1 Å². The van der Waals surface area contributed by atoms with E-state index >= 15 is 0 Å². The molecule has 0 saturated carbocycles. The molecular formula is C11H10N2O. The topological polar surface area (TPSA) is 48.8 Å². The van der Waals surface area contributed by atoms with Crippen LogP contribution in [0.4, 0.5) is 0 Å². The first-order valence-electron chi connectivity index (χ1n) is 4.36. The van der Waals surface area contributed by atoms with Crippen molar-refractivity contribution in [2.45, 2.75) is 6.42 Å². The Kier molecular flexibility index (Phi) is 2.11. The number of nitrogens with one attached hydrogen (secondary N) is 1. The predicted molar refractivity (Wildman–Crippen MR) is 54.2 cm³/mol. The molecule has 0 aliphatic rings. The third-order valence-electron chi connectivity index (χ3n) is 2.28. The first-order valence-corrected chi connectivity index (χ1v) is 4.36. The van der Waals surface area contributed by atoms with Gasteiger partial charge in [-0.3, -0.25) is 0 Å². The maximum atomic E-state index is 8.72. The van der Waals surface area contributed by atoms with E-state index < -0.39 is 0 Å². The van der Waals surface area contributed by atoms with Crippen molar-refractivity contribution < 1.29 is 4.74 Å². The largest absolute Gasteiger partial charge is 0.496 e. The number of benzene rings is 1. The number of H-pyrrole nitrogens is 1. The van der Waals surface area contributed by atoms with E-state index in [4.69, 9.17) is 10.00 Å². The molecule has 0 unspecified atom stereocenters. The Hall–Kier alpha value is -1.95. The minimum atomic E-state index is 0.373. The molecule has 1 aromatic carbocycles. The monoisotopic (exact) mass is 186 g/mol. The summed E-state index contributed by atoms with van der Waals surface area (Å²) in [7, 11) is 1.62. The van der Waals surface area contributed by atoms with E-state index in [-0.39, 0.29) is 0 Å². The van der Waals surface area contributed by atoms with Crippen LogP contribution in [0.15, 0.2) is 24.4 Å². The number of nitriles is 1. The van der Waals surface area contributed by atoms with Gasteiger partial charge in [0.15, 0.2) is 0 Å². The van der Waals surface area contributed by atoms with Gasteiger partial charge < -0.3 is 9.72 Å². The molecule has 0 aliphatic carbocycles. The Morgan fingerprint density at radius 3 is 3.00 bits per heavy atom. The van der Waals surface area contributed by atoms with Crippen LogP contribution < -0.4 is 4.74 Å². The van der Waals surface area contributed by atoms with Crippen LogP contribution in [0.25, 0.3) is 10.9 Å². The highest BCUT2D eigenvalue weighted by atomic mass is 16.5. The lowest BCUT2D eigenvalue weighted by Crippen LogP contribution is -1.91. The first-order chi connectivity index (χ1) is 6.86. The molecule has 14 heavy (non-hydrogen) atoms. The number of fused-ring (bicyclic) bond motifs is 1. The Labute approximate surface area is 81.9 Å². The molecule has 2 aromatic rings. The Balaban J connectivity index is 2.70. The van der Waals surface area contributed by atoms with Gasteiger partial charge in [-0.1, -0.05) is 0 Å². The summed E-state index contributed by atoms with van der Waals surface area (Å²) in [5, 5.41) is 9.78. The number of aromatic amines is 1. The third-order valence-corrected chi connectivity index (χ3v) is 2.28. The molecule has 0 radical (unpaired) electrons. The van der Waals surface area contributed by atoms with E-state index in [2.05, 4.69) is 11.1 Å². The molecule has 3 heteroatoms. The molecule has 0 atom stereocenters. The van der Waals surface area contributed by atoms with Crippen LogP contribution in [0.2, 0.25) is 0 Å². The van der Waals surface area contributed by atoms with Gasteiger partial charge in [-0.2, -0.15) is 5.26 Å². The SMILES string of the molecule is COc1ccc2[nH]ccc2c1CC#N. The lowest BCUT2D eigenvalue weighted by atomic mass is 10.1. The van der Waals surface area contributed by atoms with Gasteiger partial charge in [-0.05, 0) is 18.2 Å². The molecule has 0 spiro atoms. The second-order valence-electron chi connectivity index (χ2n) is 3.02. The molecule has 1 N–H and O–H groups in total. The van der Waals surface area contributed by atoms with Crippen LogP contribution in [-0.2, 0) is 6.42 Å². The highest BCUT2D eigenvalue weighted by Crippen LogP contribution is 2.27. The summed E-state index contributed by atoms with van der Waals surface area (Å²) < 4.78 is 5.21. The summed E-state index contributed by atoms with van der Waals surface area (Å²) in [6.07, 6.45) is 2.24. The lowest BCUT2D eigenvalue weighted by molar-refractivity contribution is 0.411. The second kappa shape index (κ2) is 3.43. The first kappa shape index (κ1) is 8.64. The van der Waals surface area contributed by atoms with Crippen molar-refractivity contribution in [2.24, 2.45) is 0 Å². The Morgan fingerprint density at radius 2 is 2.29 bits per heavy atom. The van der Waals surface area contributed by atoms with Crippen molar-refractivity contribution in [3.63, 3.8) is 0 Å². The fraction of sp³-hybridized carbons (Fsp3) is 0.182. The van der Waals surface area contributed by atoms with Crippen molar-refractivity contribution in [2.75, 3.05) is 7.11 Å². The van der Waals surface area contributed by atoms with Crippen molar-refractivity contribution in [1.29, 1.82) is 5.26 Å². The number of rotatable bonds is 2. The highest BCUT2D eigenvalue weighted by molar-refractivity contribution is 5.85. The maximum Gasteiger partial charge on any atom is 0.123 e. The number of methoxy groups -OCH3 is 1. The molecule has 0 fully saturated rings. The zero-order valence-corrected chi connectivity index (χ0v) is 7.87. The van der Waals surface area contributed by atoms with E-state index in [1.807, 2.05) is 24.4 Å². The molecule has 70 valence electrons. The molecule has 0 bridgehead atoms. The highest BCUT2D eigenvalue weighted by Gasteiger charge is 2.07. The zero-order valence-electron chi connectivity index (χ0n) is 7.87. The summed E-state index contributed by atoms with van der Waals surface area (Å²) in [6, 6.07) is 7.94.